The lowest BCUT2D eigenvalue weighted by Gasteiger charge is -2.27. The number of aromatic nitrogens is 2. The van der Waals surface area contributed by atoms with E-state index in [2.05, 4.69) is 15.3 Å². The third kappa shape index (κ3) is 3.47. The van der Waals surface area contributed by atoms with Crippen LogP contribution in [0.15, 0.2) is 12.3 Å². The number of nitrogens with zero attached hydrogens (tertiary/aromatic N) is 2. The summed E-state index contributed by atoms with van der Waals surface area (Å²) in [4.78, 5) is 8.64. The lowest BCUT2D eigenvalue weighted by Crippen LogP contribution is -2.41. The fourth-order valence-electron chi connectivity index (χ4n) is 4.19. The Bertz CT molecular complexity index is 491. The van der Waals surface area contributed by atoms with E-state index in [1.54, 1.807) is 6.20 Å². The summed E-state index contributed by atoms with van der Waals surface area (Å²) in [6.07, 6.45) is 7.95. The van der Waals surface area contributed by atoms with Gasteiger partial charge in [-0.3, -0.25) is 0 Å². The Morgan fingerprint density at radius 3 is 2.73 bits per heavy atom. The molecule has 4 atom stereocenters. The van der Waals surface area contributed by atoms with E-state index in [0.717, 1.165) is 24.4 Å². The van der Waals surface area contributed by atoms with Gasteiger partial charge < -0.3 is 15.5 Å². The molecule has 3 N–H and O–H groups in total. The molecule has 0 aliphatic heterocycles. The molecule has 0 spiro atoms. The quantitative estimate of drug-likeness (QED) is 0.762. The number of hydrogen-bond acceptors (Lipinski definition) is 5. The third-order valence-corrected chi connectivity index (χ3v) is 5.35. The van der Waals surface area contributed by atoms with E-state index in [-0.39, 0.29) is 24.5 Å². The minimum Gasteiger partial charge on any atom is -0.396 e. The molecule has 1 heterocycles. The summed E-state index contributed by atoms with van der Waals surface area (Å²) in [5.74, 6) is 0.945. The van der Waals surface area contributed by atoms with Gasteiger partial charge >= 0.3 is 0 Å². The molecule has 122 valence electrons. The molecule has 0 radical (unpaired) electrons. The largest absolute Gasteiger partial charge is 0.396 e. The zero-order valence-corrected chi connectivity index (χ0v) is 13.3. The minimum atomic E-state index is -0.420. The van der Waals surface area contributed by atoms with Crippen molar-refractivity contribution in [2.24, 2.45) is 11.8 Å². The Hall–Kier alpha value is -1.04. The maximum absolute atomic E-state index is 10.3. The first-order valence-corrected chi connectivity index (χ1v) is 8.51. The van der Waals surface area contributed by atoms with Gasteiger partial charge in [0.2, 0.25) is 0 Å². The van der Waals surface area contributed by atoms with Crippen LogP contribution in [0.25, 0.3) is 0 Å². The first-order valence-electron chi connectivity index (χ1n) is 8.51. The van der Waals surface area contributed by atoms with Gasteiger partial charge in [-0.2, -0.15) is 0 Å². The van der Waals surface area contributed by atoms with Crippen molar-refractivity contribution in [3.8, 4) is 0 Å². The summed E-state index contributed by atoms with van der Waals surface area (Å²) in [6, 6.07) is 2.79. The summed E-state index contributed by atoms with van der Waals surface area (Å²) in [7, 11) is 0. The van der Waals surface area contributed by atoms with Crippen molar-refractivity contribution in [3.63, 3.8) is 0 Å². The van der Waals surface area contributed by atoms with Crippen LogP contribution in [-0.4, -0.2) is 45.0 Å². The van der Waals surface area contributed by atoms with Gasteiger partial charge in [-0.1, -0.05) is 12.8 Å². The minimum absolute atomic E-state index is 0.0404. The molecule has 2 fully saturated rings. The number of aliphatic hydroxyl groups is 2. The molecule has 4 unspecified atom stereocenters. The van der Waals surface area contributed by atoms with Crippen LogP contribution < -0.4 is 5.32 Å². The highest BCUT2D eigenvalue weighted by atomic mass is 16.3. The zero-order valence-electron chi connectivity index (χ0n) is 13.3. The van der Waals surface area contributed by atoms with Crippen molar-refractivity contribution in [1.82, 2.24) is 15.3 Å². The van der Waals surface area contributed by atoms with Crippen molar-refractivity contribution in [2.45, 2.75) is 63.6 Å². The molecule has 2 saturated carbocycles. The van der Waals surface area contributed by atoms with E-state index in [4.69, 9.17) is 0 Å². The van der Waals surface area contributed by atoms with Crippen LogP contribution in [0, 0.1) is 18.8 Å². The van der Waals surface area contributed by atoms with Crippen LogP contribution in [0.2, 0.25) is 0 Å². The fraction of sp³-hybridized carbons (Fsp3) is 0.765. The van der Waals surface area contributed by atoms with Crippen LogP contribution in [0.4, 0.5) is 0 Å². The second kappa shape index (κ2) is 7.02. The van der Waals surface area contributed by atoms with Gasteiger partial charge in [0.25, 0.3) is 0 Å². The molecular formula is C17H27N3O2. The maximum Gasteiger partial charge on any atom is 0.125 e. The molecule has 2 aliphatic carbocycles. The standard InChI is InChI=1S/C17H27N3O2/c1-11-18-7-6-13(19-11)8-14-15(10-21)17(22)9-16(14)20-12-4-2-3-5-12/h6-7,12,14-17,20-22H,2-5,8-10H2,1H3. The van der Waals surface area contributed by atoms with Crippen molar-refractivity contribution in [2.75, 3.05) is 6.61 Å². The topological polar surface area (TPSA) is 78.3 Å². The fourth-order valence-corrected chi connectivity index (χ4v) is 4.19. The van der Waals surface area contributed by atoms with Crippen molar-refractivity contribution < 1.29 is 10.2 Å². The van der Waals surface area contributed by atoms with Crippen LogP contribution in [0.5, 0.6) is 0 Å². The predicted molar refractivity (Wildman–Crippen MR) is 84.3 cm³/mol. The highest BCUT2D eigenvalue weighted by molar-refractivity contribution is 5.07. The molecule has 1 aromatic heterocycles. The predicted octanol–water partition coefficient (Wildman–Crippen LogP) is 1.22. The lowest BCUT2D eigenvalue weighted by atomic mass is 9.88. The molecule has 0 aromatic carbocycles. The van der Waals surface area contributed by atoms with E-state index >= 15 is 0 Å². The molecule has 3 rings (SSSR count). The number of hydrogen-bond donors (Lipinski definition) is 3. The van der Waals surface area contributed by atoms with Gasteiger partial charge in [0.05, 0.1) is 6.10 Å². The van der Waals surface area contributed by atoms with E-state index in [1.807, 2.05) is 13.0 Å². The second-order valence-electron chi connectivity index (χ2n) is 6.87. The smallest absolute Gasteiger partial charge is 0.125 e. The highest BCUT2D eigenvalue weighted by Crippen LogP contribution is 2.35. The normalized spacial score (nSPS) is 32.7. The van der Waals surface area contributed by atoms with Gasteiger partial charge in [0.15, 0.2) is 0 Å². The molecule has 5 nitrogen and oxygen atoms in total. The van der Waals surface area contributed by atoms with E-state index in [0.29, 0.717) is 6.04 Å². The summed E-state index contributed by atoms with van der Waals surface area (Å²) < 4.78 is 0. The third-order valence-electron chi connectivity index (χ3n) is 5.35. The van der Waals surface area contributed by atoms with Crippen molar-refractivity contribution >= 4 is 0 Å². The Labute approximate surface area is 132 Å². The lowest BCUT2D eigenvalue weighted by molar-refractivity contribution is 0.0715. The van der Waals surface area contributed by atoms with Crippen molar-refractivity contribution in [1.29, 1.82) is 0 Å². The summed E-state index contributed by atoms with van der Waals surface area (Å²) >= 11 is 0. The molecule has 0 amide bonds. The van der Waals surface area contributed by atoms with Gasteiger partial charge in [0.1, 0.15) is 5.82 Å². The second-order valence-corrected chi connectivity index (χ2v) is 6.87. The van der Waals surface area contributed by atoms with Crippen LogP contribution in [0.3, 0.4) is 0 Å². The van der Waals surface area contributed by atoms with E-state index in [9.17, 15) is 10.2 Å². The molecule has 2 aliphatic rings. The molecule has 0 bridgehead atoms. The highest BCUT2D eigenvalue weighted by Gasteiger charge is 2.42. The van der Waals surface area contributed by atoms with Gasteiger partial charge in [-0.25, -0.2) is 9.97 Å². The molecule has 5 heteroatoms. The summed E-state index contributed by atoms with van der Waals surface area (Å²) in [5.41, 5.74) is 1.00. The molecular weight excluding hydrogens is 278 g/mol. The van der Waals surface area contributed by atoms with Crippen LogP contribution >= 0.6 is 0 Å². The van der Waals surface area contributed by atoms with Crippen LogP contribution in [-0.2, 0) is 6.42 Å². The van der Waals surface area contributed by atoms with Gasteiger partial charge in [-0.15, -0.1) is 0 Å². The van der Waals surface area contributed by atoms with Gasteiger partial charge in [-0.05, 0) is 44.6 Å². The number of rotatable bonds is 5. The Balaban J connectivity index is 1.72. The first kappa shape index (κ1) is 15.8. The first-order chi connectivity index (χ1) is 10.7. The molecule has 0 saturated heterocycles. The van der Waals surface area contributed by atoms with E-state index in [1.165, 1.54) is 25.7 Å². The Kier molecular flexibility index (Phi) is 5.06. The number of aliphatic hydroxyl groups excluding tert-OH is 2. The number of aryl methyl sites for hydroxylation is 1. The van der Waals surface area contributed by atoms with Crippen LogP contribution in [0.1, 0.15) is 43.6 Å². The molecule has 1 aromatic rings. The Morgan fingerprint density at radius 2 is 2.05 bits per heavy atom. The van der Waals surface area contributed by atoms with Crippen molar-refractivity contribution in [3.05, 3.63) is 23.8 Å². The van der Waals surface area contributed by atoms with Gasteiger partial charge in [0, 0.05) is 36.5 Å². The Morgan fingerprint density at radius 1 is 1.27 bits per heavy atom. The number of nitrogens with one attached hydrogen (secondary N) is 1. The summed E-state index contributed by atoms with van der Waals surface area (Å²) in [5, 5.41) is 23.7. The SMILES string of the molecule is Cc1nccc(CC2C(NC3CCCC3)CC(O)C2CO)n1. The zero-order chi connectivity index (χ0) is 15.5. The maximum atomic E-state index is 10.3. The summed E-state index contributed by atoms with van der Waals surface area (Å²) in [6.45, 7) is 1.93. The molecule has 22 heavy (non-hydrogen) atoms. The van der Waals surface area contributed by atoms with E-state index < -0.39 is 6.10 Å². The average Bonchev–Trinajstić information content (AvgIpc) is 3.08. The average molecular weight is 305 g/mol. The monoisotopic (exact) mass is 305 g/mol.